The topological polar surface area (TPSA) is 46.4 Å². The molecule has 26 heavy (non-hydrogen) atoms. The quantitative estimate of drug-likeness (QED) is 0.218. The summed E-state index contributed by atoms with van der Waals surface area (Å²) < 4.78 is -0.310. The van der Waals surface area contributed by atoms with E-state index in [1.54, 1.807) is 0 Å². The Kier molecular flexibility index (Phi) is 8.14. The highest BCUT2D eigenvalue weighted by Gasteiger charge is 2.32. The first-order chi connectivity index (χ1) is 12.3. The molecule has 1 saturated carbocycles. The minimum absolute atomic E-state index is 0.214. The van der Waals surface area contributed by atoms with Crippen molar-refractivity contribution in [3.63, 3.8) is 0 Å². The minimum Gasteiger partial charge on any atom is -0.361 e. The van der Waals surface area contributed by atoms with Crippen molar-refractivity contribution in [3.05, 3.63) is 60.7 Å². The van der Waals surface area contributed by atoms with E-state index in [1.807, 2.05) is 42.3 Å². The number of hydrogen-bond donors (Lipinski definition) is 0. The van der Waals surface area contributed by atoms with Gasteiger partial charge in [0.15, 0.2) is 10.1 Å². The van der Waals surface area contributed by atoms with Gasteiger partial charge in [0.2, 0.25) is 0 Å². The average molecular weight is 436 g/mol. The highest BCUT2D eigenvalue weighted by Crippen LogP contribution is 2.39. The monoisotopic (exact) mass is 434 g/mol. The number of rotatable bonds is 6. The molecule has 142 valence electrons. The molecule has 8 heteroatoms. The molecule has 0 amide bonds. The van der Waals surface area contributed by atoms with Crippen LogP contribution in [0.2, 0.25) is 0 Å². The van der Waals surface area contributed by atoms with Gasteiger partial charge in [0, 0.05) is 18.0 Å². The number of thioether (sulfide) groups is 1. The van der Waals surface area contributed by atoms with Gasteiger partial charge in [-0.1, -0.05) is 71.7 Å². The molecular formula is C18H21Cl3N2O2S. The van der Waals surface area contributed by atoms with Crippen LogP contribution in [0.4, 0.5) is 0 Å². The van der Waals surface area contributed by atoms with Crippen molar-refractivity contribution in [2.45, 2.75) is 43.5 Å². The predicted octanol–water partition coefficient (Wildman–Crippen LogP) is 6.62. The molecule has 0 aliphatic heterocycles. The molecule has 0 heterocycles. The lowest BCUT2D eigenvalue weighted by Crippen LogP contribution is -2.34. The largest absolute Gasteiger partial charge is 0.361 e. The fraction of sp³-hybridized carbons (Fsp3) is 0.444. The fourth-order valence-electron chi connectivity index (χ4n) is 3.02. The van der Waals surface area contributed by atoms with Crippen LogP contribution in [0.25, 0.3) is 0 Å². The molecule has 0 saturated heterocycles. The molecule has 4 nitrogen and oxygen atoms in total. The molecule has 0 aromatic heterocycles. The van der Waals surface area contributed by atoms with Gasteiger partial charge in [0.25, 0.3) is 0 Å². The molecule has 1 aliphatic carbocycles. The Bertz CT molecular complexity index is 698. The smallest absolute Gasteiger partial charge is 0.320 e. The highest BCUT2D eigenvalue weighted by atomic mass is 35.5. The Hall–Kier alpha value is -0.880. The van der Waals surface area contributed by atoms with Crippen LogP contribution in [0.3, 0.4) is 0 Å². The van der Waals surface area contributed by atoms with E-state index in [4.69, 9.17) is 34.8 Å². The summed E-state index contributed by atoms with van der Waals surface area (Å²) >= 11 is 19.0. The third-order valence-corrected chi connectivity index (χ3v) is 6.69. The zero-order valence-corrected chi connectivity index (χ0v) is 17.7. The molecule has 1 aliphatic rings. The molecule has 1 fully saturated rings. The highest BCUT2D eigenvalue weighted by molar-refractivity contribution is 8.03. The number of nitrogens with zero attached hydrogens (tertiary/aromatic N) is 2. The zero-order valence-electron chi connectivity index (χ0n) is 14.6. The van der Waals surface area contributed by atoms with Crippen molar-refractivity contribution in [3.8, 4) is 0 Å². The Morgan fingerprint density at radius 2 is 1.73 bits per heavy atom. The maximum absolute atomic E-state index is 11.8. The lowest BCUT2D eigenvalue weighted by molar-refractivity contribution is -0.421. The second-order valence-corrected chi connectivity index (χ2v) is 8.81. The minimum atomic E-state index is -0.514. The average Bonchev–Trinajstić information content (AvgIpc) is 2.61. The van der Waals surface area contributed by atoms with Crippen molar-refractivity contribution < 1.29 is 4.92 Å². The Morgan fingerprint density at radius 3 is 2.23 bits per heavy atom. The Morgan fingerprint density at radius 1 is 1.15 bits per heavy atom. The normalized spacial score (nSPS) is 21.0. The molecule has 1 aromatic rings. The van der Waals surface area contributed by atoms with Gasteiger partial charge in [-0.15, -0.1) is 0 Å². The molecule has 1 aromatic carbocycles. The van der Waals surface area contributed by atoms with Gasteiger partial charge < -0.3 is 4.90 Å². The summed E-state index contributed by atoms with van der Waals surface area (Å²) in [7, 11) is 1.88. The number of allylic oxidation sites excluding steroid dienone is 1. The van der Waals surface area contributed by atoms with Gasteiger partial charge >= 0.3 is 5.70 Å². The summed E-state index contributed by atoms with van der Waals surface area (Å²) in [6, 6.07) is 9.69. The lowest BCUT2D eigenvalue weighted by Gasteiger charge is -2.35. The number of benzene rings is 1. The first kappa shape index (κ1) is 21.4. The van der Waals surface area contributed by atoms with Gasteiger partial charge in [-0.05, 0) is 43.7 Å². The predicted molar refractivity (Wildman–Crippen MR) is 110 cm³/mol. The van der Waals surface area contributed by atoms with Gasteiger partial charge in [0.1, 0.15) is 4.49 Å². The van der Waals surface area contributed by atoms with Crippen LogP contribution in [0.1, 0.15) is 32.6 Å². The molecule has 0 N–H and O–H groups in total. The van der Waals surface area contributed by atoms with Crippen LogP contribution in [0.15, 0.2) is 55.5 Å². The van der Waals surface area contributed by atoms with E-state index in [1.165, 1.54) is 11.8 Å². The molecule has 0 unspecified atom stereocenters. The van der Waals surface area contributed by atoms with E-state index >= 15 is 0 Å². The summed E-state index contributed by atoms with van der Waals surface area (Å²) in [5.74, 6) is 0.685. The molecule has 0 spiro atoms. The van der Waals surface area contributed by atoms with Crippen LogP contribution in [-0.4, -0.2) is 22.9 Å². The first-order valence-electron chi connectivity index (χ1n) is 8.36. The van der Waals surface area contributed by atoms with Crippen molar-refractivity contribution in [1.82, 2.24) is 4.90 Å². The molecule has 0 radical (unpaired) electrons. The summed E-state index contributed by atoms with van der Waals surface area (Å²) in [5.41, 5.74) is -0.262. The molecular weight excluding hydrogens is 415 g/mol. The maximum Gasteiger partial charge on any atom is 0.320 e. The molecule has 0 atom stereocenters. The Labute approximate surface area is 173 Å². The standard InChI is InChI=1S/C18H21Cl3N2O2S/c1-12-8-10-13(11-9-12)22(2)18(26-14-6-4-3-5-7-14)16(23(24)25)15(19)17(20)21/h3-7,12-13H,8-11H2,1-2H3/b18-16+. The van der Waals surface area contributed by atoms with Crippen molar-refractivity contribution in [1.29, 1.82) is 0 Å². The van der Waals surface area contributed by atoms with Crippen LogP contribution >= 0.6 is 46.6 Å². The third-order valence-electron chi connectivity index (χ3n) is 4.57. The second kappa shape index (κ2) is 9.88. The third kappa shape index (κ3) is 5.56. The number of halogens is 3. The summed E-state index contributed by atoms with van der Waals surface area (Å²) in [4.78, 5) is 14.1. The summed E-state index contributed by atoms with van der Waals surface area (Å²) in [6.07, 6.45) is 4.17. The van der Waals surface area contributed by atoms with E-state index < -0.39 is 4.92 Å². The second-order valence-electron chi connectivity index (χ2n) is 6.42. The first-order valence-corrected chi connectivity index (χ1v) is 10.3. The van der Waals surface area contributed by atoms with Crippen LogP contribution < -0.4 is 0 Å². The van der Waals surface area contributed by atoms with Gasteiger partial charge in [-0.25, -0.2) is 0 Å². The number of hydrogen-bond acceptors (Lipinski definition) is 4. The van der Waals surface area contributed by atoms with Crippen molar-refractivity contribution >= 4 is 46.6 Å². The van der Waals surface area contributed by atoms with E-state index in [-0.39, 0.29) is 21.3 Å². The zero-order chi connectivity index (χ0) is 19.3. The Balaban J connectivity index is 2.48. The van der Waals surface area contributed by atoms with E-state index in [9.17, 15) is 10.1 Å². The van der Waals surface area contributed by atoms with Crippen LogP contribution in [0.5, 0.6) is 0 Å². The van der Waals surface area contributed by atoms with E-state index in [2.05, 4.69) is 6.92 Å². The van der Waals surface area contributed by atoms with Crippen molar-refractivity contribution in [2.75, 3.05) is 7.05 Å². The fourth-order valence-corrected chi connectivity index (χ4v) is 4.50. The SMILES string of the molecule is CC1CCC(N(C)/C(Sc2ccccc2)=C(/C(Cl)=C(Cl)Cl)[N+](=O)[O-])CC1. The lowest BCUT2D eigenvalue weighted by atomic mass is 9.87. The van der Waals surface area contributed by atoms with Gasteiger partial charge in [0.05, 0.1) is 4.92 Å². The van der Waals surface area contributed by atoms with Crippen LogP contribution in [-0.2, 0) is 0 Å². The van der Waals surface area contributed by atoms with E-state index in [0.717, 1.165) is 30.6 Å². The van der Waals surface area contributed by atoms with Crippen molar-refractivity contribution in [2.24, 2.45) is 5.92 Å². The van der Waals surface area contributed by atoms with E-state index in [0.29, 0.717) is 10.9 Å². The van der Waals surface area contributed by atoms with Gasteiger partial charge in [-0.3, -0.25) is 10.1 Å². The maximum atomic E-state index is 11.8. The van der Waals surface area contributed by atoms with Crippen LogP contribution in [0, 0.1) is 16.0 Å². The molecule has 0 bridgehead atoms. The summed E-state index contributed by atoms with van der Waals surface area (Å²) in [6.45, 7) is 2.24. The summed E-state index contributed by atoms with van der Waals surface area (Å²) in [5, 5.41) is 12.0. The van der Waals surface area contributed by atoms with Gasteiger partial charge in [-0.2, -0.15) is 0 Å². The number of nitro groups is 1. The molecule has 2 rings (SSSR count).